The molecule has 0 saturated carbocycles. The molecule has 0 radical (unpaired) electrons. The van der Waals surface area contributed by atoms with Crippen LogP contribution in [-0.4, -0.2) is 52.5 Å². The highest BCUT2D eigenvalue weighted by molar-refractivity contribution is 6.29. The first-order valence-electron chi connectivity index (χ1n) is 7.00. The lowest BCUT2D eigenvalue weighted by atomic mass is 10.2. The Morgan fingerprint density at radius 3 is 2.57 bits per heavy atom. The molecule has 116 valence electrons. The number of hydrogen-bond acceptors (Lipinski definition) is 5. The van der Waals surface area contributed by atoms with Crippen molar-refractivity contribution in [2.24, 2.45) is 0 Å². The van der Waals surface area contributed by atoms with Gasteiger partial charge in [-0.2, -0.15) is 0 Å². The number of halogens is 1. The van der Waals surface area contributed by atoms with E-state index in [2.05, 4.69) is 15.1 Å². The maximum absolute atomic E-state index is 12.1. The molecule has 6 nitrogen and oxygen atoms in total. The van der Waals surface area contributed by atoms with Crippen molar-refractivity contribution in [3.63, 3.8) is 0 Å². The third kappa shape index (κ3) is 4.20. The number of piperazine rings is 1. The molecule has 1 fully saturated rings. The minimum absolute atomic E-state index is 0.141. The molecular weight excluding hydrogens is 292 g/mol. The molecular formula is C14H21ClN4O2. The zero-order valence-electron chi connectivity index (χ0n) is 12.8. The Morgan fingerprint density at radius 2 is 2.05 bits per heavy atom. The lowest BCUT2D eigenvalue weighted by molar-refractivity contribution is 0.0218. The molecule has 0 aromatic carbocycles. The molecule has 1 aliphatic heterocycles. The van der Waals surface area contributed by atoms with E-state index in [1.807, 2.05) is 33.8 Å². The minimum atomic E-state index is -0.473. The van der Waals surface area contributed by atoms with E-state index in [0.29, 0.717) is 24.8 Å². The number of nitrogens with zero attached hydrogens (tertiary/aromatic N) is 4. The van der Waals surface area contributed by atoms with Crippen molar-refractivity contribution in [2.75, 3.05) is 24.5 Å². The van der Waals surface area contributed by atoms with Crippen LogP contribution in [0.4, 0.5) is 10.6 Å². The van der Waals surface area contributed by atoms with Gasteiger partial charge >= 0.3 is 6.09 Å². The molecule has 1 saturated heterocycles. The van der Waals surface area contributed by atoms with Crippen LogP contribution in [0.25, 0.3) is 0 Å². The van der Waals surface area contributed by atoms with Crippen LogP contribution in [0, 0.1) is 0 Å². The summed E-state index contributed by atoms with van der Waals surface area (Å²) in [5.41, 5.74) is -0.473. The molecule has 2 rings (SSSR count). The van der Waals surface area contributed by atoms with Crippen molar-refractivity contribution in [2.45, 2.75) is 39.3 Å². The zero-order chi connectivity index (χ0) is 15.6. The number of rotatable bonds is 1. The van der Waals surface area contributed by atoms with Crippen molar-refractivity contribution >= 4 is 23.5 Å². The number of carbonyl (C=O) groups excluding carboxylic acids is 1. The first-order chi connectivity index (χ1) is 9.76. The van der Waals surface area contributed by atoms with Gasteiger partial charge in [-0.1, -0.05) is 11.6 Å². The van der Waals surface area contributed by atoms with Crippen LogP contribution in [-0.2, 0) is 4.74 Å². The SMILES string of the molecule is CC1CN(C(=O)OC(C)(C)C)CCN1c1ccc(Cl)nn1. The Labute approximate surface area is 130 Å². The van der Waals surface area contributed by atoms with Gasteiger partial charge in [-0.15, -0.1) is 10.2 Å². The van der Waals surface area contributed by atoms with Gasteiger partial charge in [0.1, 0.15) is 5.60 Å². The molecule has 1 aliphatic rings. The second kappa shape index (κ2) is 6.05. The van der Waals surface area contributed by atoms with Crippen molar-refractivity contribution in [3.05, 3.63) is 17.3 Å². The van der Waals surface area contributed by atoms with Crippen LogP contribution < -0.4 is 4.90 Å². The van der Waals surface area contributed by atoms with Crippen molar-refractivity contribution in [1.29, 1.82) is 0 Å². The van der Waals surface area contributed by atoms with E-state index in [1.165, 1.54) is 0 Å². The molecule has 1 amide bonds. The first-order valence-corrected chi connectivity index (χ1v) is 7.38. The van der Waals surface area contributed by atoms with E-state index < -0.39 is 5.60 Å². The molecule has 21 heavy (non-hydrogen) atoms. The number of aromatic nitrogens is 2. The summed E-state index contributed by atoms with van der Waals surface area (Å²) in [6, 6.07) is 3.70. The van der Waals surface area contributed by atoms with Gasteiger partial charge in [0.25, 0.3) is 0 Å². The summed E-state index contributed by atoms with van der Waals surface area (Å²) < 4.78 is 5.41. The maximum Gasteiger partial charge on any atom is 0.410 e. The standard InChI is InChI=1S/C14H21ClN4O2/c1-10-9-18(13(20)21-14(2,3)4)7-8-19(10)12-6-5-11(15)16-17-12/h5-6,10H,7-9H2,1-4H3. The fourth-order valence-electron chi connectivity index (χ4n) is 2.25. The zero-order valence-corrected chi connectivity index (χ0v) is 13.6. The molecule has 0 spiro atoms. The van der Waals surface area contributed by atoms with Crippen LogP contribution in [0.5, 0.6) is 0 Å². The minimum Gasteiger partial charge on any atom is -0.444 e. The Hall–Kier alpha value is -1.56. The second-order valence-electron chi connectivity index (χ2n) is 6.18. The van der Waals surface area contributed by atoms with Crippen molar-refractivity contribution in [3.8, 4) is 0 Å². The Bertz CT molecular complexity index is 501. The third-order valence-electron chi connectivity index (χ3n) is 3.19. The summed E-state index contributed by atoms with van der Waals surface area (Å²) >= 11 is 5.75. The molecule has 0 aliphatic carbocycles. The molecule has 0 N–H and O–H groups in total. The monoisotopic (exact) mass is 312 g/mol. The molecule has 1 aromatic heterocycles. The van der Waals surface area contributed by atoms with E-state index in [9.17, 15) is 4.79 Å². The number of amides is 1. The number of ether oxygens (including phenoxy) is 1. The van der Waals surface area contributed by atoms with E-state index in [0.717, 1.165) is 5.82 Å². The van der Waals surface area contributed by atoms with Crippen LogP contribution in [0.3, 0.4) is 0 Å². The van der Waals surface area contributed by atoms with Crippen LogP contribution in [0.2, 0.25) is 5.15 Å². The van der Waals surface area contributed by atoms with E-state index in [-0.39, 0.29) is 12.1 Å². The highest BCUT2D eigenvalue weighted by atomic mass is 35.5. The summed E-state index contributed by atoms with van der Waals surface area (Å²) in [6.07, 6.45) is -0.267. The molecule has 1 aromatic rings. The fraction of sp³-hybridized carbons (Fsp3) is 0.643. The summed E-state index contributed by atoms with van der Waals surface area (Å²) in [5.74, 6) is 0.774. The maximum atomic E-state index is 12.1. The Morgan fingerprint density at radius 1 is 1.33 bits per heavy atom. The number of anilines is 1. The quantitative estimate of drug-likeness (QED) is 0.797. The van der Waals surface area contributed by atoms with Gasteiger partial charge in [-0.25, -0.2) is 4.79 Å². The second-order valence-corrected chi connectivity index (χ2v) is 6.57. The highest BCUT2D eigenvalue weighted by Gasteiger charge is 2.30. The fourth-order valence-corrected chi connectivity index (χ4v) is 2.35. The van der Waals surface area contributed by atoms with Gasteiger partial charge < -0.3 is 14.5 Å². The van der Waals surface area contributed by atoms with Crippen molar-refractivity contribution < 1.29 is 9.53 Å². The summed E-state index contributed by atoms with van der Waals surface area (Å²) in [6.45, 7) is 9.54. The molecule has 0 bridgehead atoms. The Kier molecular flexibility index (Phi) is 4.56. The molecule has 1 unspecified atom stereocenters. The van der Waals surface area contributed by atoms with Gasteiger partial charge in [0.15, 0.2) is 11.0 Å². The summed E-state index contributed by atoms with van der Waals surface area (Å²) in [4.78, 5) is 15.9. The summed E-state index contributed by atoms with van der Waals surface area (Å²) in [7, 11) is 0. The van der Waals surface area contributed by atoms with Gasteiger partial charge in [0.2, 0.25) is 0 Å². The lowest BCUT2D eigenvalue weighted by Gasteiger charge is -2.40. The molecule has 7 heteroatoms. The van der Waals surface area contributed by atoms with Gasteiger partial charge in [-0.05, 0) is 39.8 Å². The van der Waals surface area contributed by atoms with Gasteiger partial charge in [0.05, 0.1) is 0 Å². The van der Waals surface area contributed by atoms with Crippen molar-refractivity contribution in [1.82, 2.24) is 15.1 Å². The van der Waals surface area contributed by atoms with E-state index in [1.54, 1.807) is 11.0 Å². The normalized spacial score (nSPS) is 19.6. The average molecular weight is 313 g/mol. The predicted molar refractivity (Wildman–Crippen MR) is 81.7 cm³/mol. The molecule has 1 atom stereocenters. The van der Waals surface area contributed by atoms with E-state index >= 15 is 0 Å². The first kappa shape index (κ1) is 15.8. The highest BCUT2D eigenvalue weighted by Crippen LogP contribution is 2.20. The van der Waals surface area contributed by atoms with E-state index in [4.69, 9.17) is 16.3 Å². The number of carbonyl (C=O) groups is 1. The smallest absolute Gasteiger partial charge is 0.410 e. The van der Waals surface area contributed by atoms with Gasteiger partial charge in [0, 0.05) is 25.7 Å². The Balaban J connectivity index is 1.99. The van der Waals surface area contributed by atoms with Crippen LogP contribution >= 0.6 is 11.6 Å². The lowest BCUT2D eigenvalue weighted by Crippen LogP contribution is -2.54. The third-order valence-corrected chi connectivity index (χ3v) is 3.39. The van der Waals surface area contributed by atoms with Gasteiger partial charge in [-0.3, -0.25) is 0 Å². The molecule has 2 heterocycles. The topological polar surface area (TPSA) is 58.6 Å². The average Bonchev–Trinajstić information content (AvgIpc) is 2.38. The number of hydrogen-bond donors (Lipinski definition) is 0. The van der Waals surface area contributed by atoms with Crippen LogP contribution in [0.1, 0.15) is 27.7 Å². The predicted octanol–water partition coefficient (Wildman–Crippen LogP) is 2.58. The van der Waals surface area contributed by atoms with Crippen LogP contribution in [0.15, 0.2) is 12.1 Å². The largest absolute Gasteiger partial charge is 0.444 e. The summed E-state index contributed by atoms with van der Waals surface area (Å²) in [5, 5.41) is 8.32.